The van der Waals surface area contributed by atoms with Gasteiger partial charge in [-0.3, -0.25) is 4.98 Å². The maximum absolute atomic E-state index is 14.2. The lowest BCUT2D eigenvalue weighted by Gasteiger charge is -2.33. The van der Waals surface area contributed by atoms with Crippen molar-refractivity contribution in [2.75, 3.05) is 90.1 Å². The molecule has 0 aliphatic carbocycles. The number of carbonyl (C=O) groups excluding carboxylic acids is 1. The number of aliphatic hydroxyl groups is 2. The van der Waals surface area contributed by atoms with E-state index in [0.29, 0.717) is 117 Å². The highest BCUT2D eigenvalue weighted by Gasteiger charge is 2.32. The molecule has 404 valence electrons. The van der Waals surface area contributed by atoms with Gasteiger partial charge in [0.05, 0.1) is 72.2 Å². The zero-order valence-electron chi connectivity index (χ0n) is 44.3. The van der Waals surface area contributed by atoms with Crippen molar-refractivity contribution in [3.63, 3.8) is 0 Å². The van der Waals surface area contributed by atoms with E-state index in [9.17, 15) is 15.0 Å². The molecule has 20 nitrogen and oxygen atoms in total. The summed E-state index contributed by atoms with van der Waals surface area (Å²) in [5, 5.41) is 42.2. The summed E-state index contributed by atoms with van der Waals surface area (Å²) in [6.07, 6.45) is 7.76. The van der Waals surface area contributed by atoms with Crippen molar-refractivity contribution in [3.8, 4) is 39.8 Å². The molecule has 5 N–H and O–H groups in total. The maximum Gasteiger partial charge on any atom is 0.342 e. The maximum atomic E-state index is 14.2. The van der Waals surface area contributed by atoms with Crippen molar-refractivity contribution in [1.29, 1.82) is 0 Å². The summed E-state index contributed by atoms with van der Waals surface area (Å²) in [5.41, 5.74) is 6.81. The van der Waals surface area contributed by atoms with Crippen LogP contribution in [0.1, 0.15) is 75.0 Å². The zero-order chi connectivity index (χ0) is 53.1. The molecule has 2 aliphatic heterocycles. The molecule has 5 unspecified atom stereocenters. The Balaban J connectivity index is 1.01. The Morgan fingerprint density at radius 1 is 0.803 bits per heavy atom. The number of anilines is 2. The molecule has 9 rings (SSSR count). The van der Waals surface area contributed by atoms with E-state index in [4.69, 9.17) is 48.6 Å². The molecule has 7 heterocycles. The highest BCUT2D eigenvalue weighted by atomic mass is 16.5. The molecule has 2 fully saturated rings. The highest BCUT2D eigenvalue weighted by Crippen LogP contribution is 2.40. The van der Waals surface area contributed by atoms with E-state index >= 15 is 0 Å². The summed E-state index contributed by atoms with van der Waals surface area (Å²) in [7, 11) is 3.56. The average molecular weight is 1040 g/mol. The van der Waals surface area contributed by atoms with Crippen molar-refractivity contribution in [2.45, 2.75) is 90.0 Å². The van der Waals surface area contributed by atoms with Gasteiger partial charge in [0.15, 0.2) is 11.3 Å². The molecule has 0 radical (unpaired) electrons. The fraction of sp³-hybridized carbons (Fsp3) is 0.464. The minimum absolute atomic E-state index is 0.0431. The first-order valence-corrected chi connectivity index (χ1v) is 26.4. The number of pyridine rings is 3. The van der Waals surface area contributed by atoms with Crippen LogP contribution in [-0.2, 0) is 20.8 Å². The molecule has 7 aromatic rings. The van der Waals surface area contributed by atoms with Crippen LogP contribution < -0.4 is 35.1 Å². The van der Waals surface area contributed by atoms with Crippen LogP contribution in [0.25, 0.3) is 44.6 Å². The quantitative estimate of drug-likeness (QED) is 0.0402. The summed E-state index contributed by atoms with van der Waals surface area (Å²) in [6.45, 7) is 12.2. The predicted octanol–water partition coefficient (Wildman–Crippen LogP) is 6.61. The van der Waals surface area contributed by atoms with Crippen molar-refractivity contribution >= 4 is 39.4 Å². The van der Waals surface area contributed by atoms with E-state index < -0.39 is 18.2 Å². The van der Waals surface area contributed by atoms with Crippen LogP contribution in [0.15, 0.2) is 85.5 Å². The molecule has 2 aromatic carbocycles. The van der Waals surface area contributed by atoms with E-state index in [1.54, 1.807) is 39.6 Å². The number of nitrogens with zero attached hydrogens (tertiary/aromatic N) is 8. The number of morpholine rings is 1. The third-order valence-electron chi connectivity index (χ3n) is 13.5. The fourth-order valence-electron chi connectivity index (χ4n) is 9.87. The zero-order valence-corrected chi connectivity index (χ0v) is 44.3. The smallest absolute Gasteiger partial charge is 0.342 e. The van der Waals surface area contributed by atoms with Crippen LogP contribution in [0, 0.1) is 0 Å². The van der Waals surface area contributed by atoms with Gasteiger partial charge in [-0.15, -0.1) is 0 Å². The van der Waals surface area contributed by atoms with Crippen LogP contribution >= 0.6 is 0 Å². The summed E-state index contributed by atoms with van der Waals surface area (Å²) >= 11 is 0. The molecule has 0 amide bonds. The average Bonchev–Trinajstić information content (AvgIpc) is 4.08. The largest absolute Gasteiger partial charge is 0.491 e. The number of fused-ring (bicyclic) bond motifs is 2. The lowest BCUT2D eigenvalue weighted by Crippen LogP contribution is -2.37. The summed E-state index contributed by atoms with van der Waals surface area (Å²) in [6, 6.07) is 18.9. The van der Waals surface area contributed by atoms with Crippen molar-refractivity contribution in [1.82, 2.24) is 45.1 Å². The van der Waals surface area contributed by atoms with Crippen LogP contribution in [0.4, 0.5) is 11.4 Å². The topological polar surface area (TPSA) is 227 Å². The monoisotopic (exact) mass is 1040 g/mol. The van der Waals surface area contributed by atoms with Crippen LogP contribution in [-0.4, -0.2) is 155 Å². The number of ether oxygens (including phenoxy) is 6. The number of benzene rings is 2. The number of esters is 1. The van der Waals surface area contributed by atoms with Crippen molar-refractivity contribution in [2.24, 2.45) is 0 Å². The Morgan fingerprint density at radius 2 is 1.51 bits per heavy atom. The van der Waals surface area contributed by atoms with Crippen LogP contribution in [0.5, 0.6) is 17.2 Å². The van der Waals surface area contributed by atoms with E-state index in [0.717, 1.165) is 39.7 Å². The summed E-state index contributed by atoms with van der Waals surface area (Å²) in [4.78, 5) is 31.1. The van der Waals surface area contributed by atoms with Gasteiger partial charge < -0.3 is 59.5 Å². The van der Waals surface area contributed by atoms with Gasteiger partial charge in [-0.1, -0.05) is 18.2 Å². The molecule has 0 saturated carbocycles. The minimum atomic E-state index is -0.710. The Kier molecular flexibility index (Phi) is 17.9. The lowest BCUT2D eigenvalue weighted by molar-refractivity contribution is -0.00129. The molecule has 2 saturated heterocycles. The molecule has 20 heteroatoms. The second-order valence-corrected chi connectivity index (χ2v) is 19.7. The molecule has 5 aromatic heterocycles. The van der Waals surface area contributed by atoms with Crippen LogP contribution in [0.2, 0.25) is 0 Å². The SMILES string of the molecule is CCOC(=O)c1c(-c2cccc(OCC(O)CNC)c2)nc2c(cnn2C(C)CC2CC(Nc3cc(-c4cc(OCc5cccnc5)cc(OCC(O)CNC)c4)nc4c3cnn4C(C)C)CCO2)c1N1CCOCC1. The summed E-state index contributed by atoms with van der Waals surface area (Å²) < 4.78 is 40.4. The first kappa shape index (κ1) is 53.9. The first-order chi connectivity index (χ1) is 37.0. The third kappa shape index (κ3) is 12.8. The van der Waals surface area contributed by atoms with E-state index in [2.05, 4.69) is 52.7 Å². The lowest BCUT2D eigenvalue weighted by atomic mass is 9.97. The Morgan fingerprint density at radius 3 is 2.24 bits per heavy atom. The van der Waals surface area contributed by atoms with Gasteiger partial charge in [-0.25, -0.2) is 24.1 Å². The Bertz CT molecular complexity index is 3040. The number of aromatic nitrogens is 7. The highest BCUT2D eigenvalue weighted by molar-refractivity contribution is 6.10. The van der Waals surface area contributed by atoms with Gasteiger partial charge in [0.25, 0.3) is 0 Å². The molecule has 5 atom stereocenters. The normalized spacial score (nSPS) is 17.2. The number of hydrogen-bond acceptors (Lipinski definition) is 18. The van der Waals surface area contributed by atoms with Gasteiger partial charge in [0, 0.05) is 85.7 Å². The fourth-order valence-corrected chi connectivity index (χ4v) is 9.87. The second kappa shape index (κ2) is 25.3. The summed E-state index contributed by atoms with van der Waals surface area (Å²) in [5.74, 6) is 1.17. The Labute approximate surface area is 443 Å². The van der Waals surface area contributed by atoms with Gasteiger partial charge in [-0.05, 0) is 97.5 Å². The van der Waals surface area contributed by atoms with E-state index in [1.807, 2.05) is 70.2 Å². The molecule has 76 heavy (non-hydrogen) atoms. The number of rotatable bonds is 24. The second-order valence-electron chi connectivity index (χ2n) is 19.7. The van der Waals surface area contributed by atoms with E-state index in [1.165, 1.54) is 0 Å². The third-order valence-corrected chi connectivity index (χ3v) is 13.5. The number of likely N-dealkylation sites (N-methyl/N-ethyl adjacent to an activating group) is 2. The van der Waals surface area contributed by atoms with Gasteiger partial charge in [-0.2, -0.15) is 10.2 Å². The predicted molar refractivity (Wildman–Crippen MR) is 290 cm³/mol. The van der Waals surface area contributed by atoms with E-state index in [-0.39, 0.29) is 44.1 Å². The standard InChI is InChI=1S/C56H71N11O9/c1-7-72-56(70)51-52(38-11-8-12-43(21-38)75-33-41(68)28-57-5)64-55-48(53(51)65-15-18-71-19-16-65)31-61-67(55)36(4)20-44-24-40(13-17-73-44)62-50-26-49(63-54-47(50)30-60-66(54)35(2)3)39-22-45(74-32-37-10-9-14-59-27-37)25-46(23-39)76-34-42(69)29-58-6/h8-12,14,21-23,25-27,30-31,35-36,40-42,44,57-58,68-69H,7,13,15-20,24,28-29,32-34H2,1-6H3,(H,62,63). The van der Waals surface area contributed by atoms with Gasteiger partial charge in [0.2, 0.25) is 0 Å². The number of aliphatic hydroxyl groups excluding tert-OH is 2. The van der Waals surface area contributed by atoms with Crippen LogP contribution in [0.3, 0.4) is 0 Å². The molecule has 0 spiro atoms. The first-order valence-electron chi connectivity index (χ1n) is 26.4. The number of hydrogen-bond donors (Lipinski definition) is 5. The van der Waals surface area contributed by atoms with Crippen molar-refractivity contribution < 1.29 is 43.4 Å². The van der Waals surface area contributed by atoms with Gasteiger partial charge in [0.1, 0.15) is 54.8 Å². The molecular formula is C56H71N11O9. The molecule has 0 bridgehead atoms. The number of carbonyl (C=O) groups is 1. The van der Waals surface area contributed by atoms with Crippen molar-refractivity contribution in [3.05, 3.63) is 96.6 Å². The minimum Gasteiger partial charge on any atom is -0.491 e. The Hall–Kier alpha value is -6.94. The molecule has 2 aliphatic rings. The molecular weight excluding hydrogens is 971 g/mol. The number of nitrogens with one attached hydrogen (secondary N) is 3. The van der Waals surface area contributed by atoms with Gasteiger partial charge >= 0.3 is 5.97 Å².